The quantitative estimate of drug-likeness (QED) is 0.553. The molecule has 0 bridgehead atoms. The number of ether oxygens (including phenoxy) is 1. The molecule has 2 amide bonds. The third kappa shape index (κ3) is 5.19. The molecular formula is C22H26N2O4. The first-order chi connectivity index (χ1) is 13.1. The van der Waals surface area contributed by atoms with E-state index in [0.717, 1.165) is 0 Å². The van der Waals surface area contributed by atoms with Gasteiger partial charge in [0.25, 0.3) is 0 Å². The normalized spacial score (nSPS) is 11.1. The highest BCUT2D eigenvalue weighted by molar-refractivity contribution is 6.14. The average Bonchev–Trinajstić information content (AvgIpc) is 2.63. The highest BCUT2D eigenvalue weighted by Gasteiger charge is 2.36. The van der Waals surface area contributed by atoms with Gasteiger partial charge in [0, 0.05) is 11.3 Å². The van der Waals surface area contributed by atoms with Crippen LogP contribution in [0, 0.1) is 5.41 Å². The Labute approximate surface area is 165 Å². The maximum atomic E-state index is 12.8. The van der Waals surface area contributed by atoms with E-state index in [9.17, 15) is 14.4 Å². The van der Waals surface area contributed by atoms with Crippen molar-refractivity contribution in [2.75, 3.05) is 10.6 Å². The maximum Gasteiger partial charge on any atom is 0.239 e. The molecule has 0 aromatic heterocycles. The van der Waals surface area contributed by atoms with Crippen LogP contribution in [0.25, 0.3) is 0 Å². The highest BCUT2D eigenvalue weighted by Crippen LogP contribution is 2.28. The monoisotopic (exact) mass is 382 g/mol. The predicted octanol–water partition coefficient (Wildman–Crippen LogP) is 4.28. The van der Waals surface area contributed by atoms with Crippen LogP contribution < -0.4 is 15.4 Å². The number of carbonyl (C=O) groups excluding carboxylic acids is 3. The van der Waals surface area contributed by atoms with Crippen LogP contribution in [0.3, 0.4) is 0 Å². The Hall–Kier alpha value is -3.15. The minimum atomic E-state index is -1.33. The third-order valence-corrected chi connectivity index (χ3v) is 4.18. The molecular weight excluding hydrogens is 356 g/mol. The molecule has 28 heavy (non-hydrogen) atoms. The first-order valence-electron chi connectivity index (χ1n) is 9.11. The van der Waals surface area contributed by atoms with E-state index in [1.54, 1.807) is 56.3 Å². The van der Waals surface area contributed by atoms with Gasteiger partial charge in [0.15, 0.2) is 5.78 Å². The summed E-state index contributed by atoms with van der Waals surface area (Å²) in [4.78, 5) is 36.8. The van der Waals surface area contributed by atoms with Crippen molar-refractivity contribution in [3.63, 3.8) is 0 Å². The Bertz CT molecular complexity index is 870. The highest BCUT2D eigenvalue weighted by atomic mass is 16.5. The van der Waals surface area contributed by atoms with Crippen molar-refractivity contribution in [2.45, 2.75) is 40.7 Å². The van der Waals surface area contributed by atoms with Gasteiger partial charge >= 0.3 is 0 Å². The number of benzene rings is 2. The number of Topliss-reactive ketones (excluding diaryl/α,β-unsaturated/α-hetero) is 1. The molecule has 0 aliphatic carbocycles. The van der Waals surface area contributed by atoms with Crippen LogP contribution in [0.1, 0.15) is 45.0 Å². The van der Waals surface area contributed by atoms with Crippen molar-refractivity contribution >= 4 is 29.0 Å². The molecule has 0 atom stereocenters. The van der Waals surface area contributed by atoms with Gasteiger partial charge in [-0.25, -0.2) is 0 Å². The zero-order valence-corrected chi connectivity index (χ0v) is 16.8. The molecule has 148 valence electrons. The van der Waals surface area contributed by atoms with Crippen molar-refractivity contribution in [3.8, 4) is 5.75 Å². The van der Waals surface area contributed by atoms with E-state index in [-0.39, 0.29) is 11.9 Å². The molecule has 6 heteroatoms. The summed E-state index contributed by atoms with van der Waals surface area (Å²) < 4.78 is 5.70. The number of nitrogens with one attached hydrogen (secondary N) is 2. The number of rotatable bonds is 7. The molecule has 0 saturated heterocycles. The Morgan fingerprint density at radius 2 is 1.46 bits per heavy atom. The fraction of sp³-hybridized carbons (Fsp3) is 0.318. The van der Waals surface area contributed by atoms with Crippen LogP contribution in [0.15, 0.2) is 48.5 Å². The molecule has 0 unspecified atom stereocenters. The molecule has 0 saturated carbocycles. The molecule has 0 aliphatic heterocycles. The van der Waals surface area contributed by atoms with Crippen molar-refractivity contribution < 1.29 is 19.1 Å². The second kappa shape index (κ2) is 8.69. The van der Waals surface area contributed by atoms with Crippen LogP contribution in [0.4, 0.5) is 11.4 Å². The second-order valence-electron chi connectivity index (χ2n) is 7.33. The average molecular weight is 382 g/mol. The van der Waals surface area contributed by atoms with Gasteiger partial charge < -0.3 is 15.4 Å². The Morgan fingerprint density at radius 3 is 2.04 bits per heavy atom. The number of para-hydroxylation sites is 2. The summed E-state index contributed by atoms with van der Waals surface area (Å²) in [6, 6.07) is 13.6. The molecule has 2 N–H and O–H groups in total. The Kier molecular flexibility index (Phi) is 6.57. The first-order valence-corrected chi connectivity index (χ1v) is 9.11. The molecule has 0 heterocycles. The van der Waals surface area contributed by atoms with Gasteiger partial charge in [-0.05, 0) is 71.0 Å². The fourth-order valence-electron chi connectivity index (χ4n) is 2.38. The standard InChI is InChI=1S/C22H26N2O4/c1-14(2)28-19-9-7-6-8-18(19)24-21(27)22(4,5)20(26)23-17-12-10-16(11-13-17)15(3)25/h6-14H,1-5H3,(H,23,26)(H,24,27). The van der Waals surface area contributed by atoms with Gasteiger partial charge in [0.2, 0.25) is 11.8 Å². The number of hydrogen-bond donors (Lipinski definition) is 2. The summed E-state index contributed by atoms with van der Waals surface area (Å²) in [5.74, 6) is -0.422. The first kappa shape index (κ1) is 21.2. The van der Waals surface area contributed by atoms with E-state index >= 15 is 0 Å². The zero-order chi connectivity index (χ0) is 20.9. The summed E-state index contributed by atoms with van der Waals surface area (Å²) >= 11 is 0. The lowest BCUT2D eigenvalue weighted by Gasteiger charge is -2.24. The largest absolute Gasteiger partial charge is 0.489 e. The summed E-state index contributed by atoms with van der Waals surface area (Å²) in [5, 5.41) is 5.50. The number of hydrogen-bond acceptors (Lipinski definition) is 4. The number of carbonyl (C=O) groups is 3. The molecule has 2 aromatic rings. The van der Waals surface area contributed by atoms with Crippen LogP contribution in [-0.4, -0.2) is 23.7 Å². The predicted molar refractivity (Wildman–Crippen MR) is 110 cm³/mol. The number of anilines is 2. The van der Waals surface area contributed by atoms with Gasteiger partial charge in [0.1, 0.15) is 11.2 Å². The molecule has 0 fully saturated rings. The van der Waals surface area contributed by atoms with E-state index < -0.39 is 17.2 Å². The van der Waals surface area contributed by atoms with Crippen molar-refractivity contribution in [1.82, 2.24) is 0 Å². The molecule has 0 aliphatic rings. The summed E-state index contributed by atoms with van der Waals surface area (Å²) in [6.07, 6.45) is -0.0488. The number of ketones is 1. The smallest absolute Gasteiger partial charge is 0.239 e. The van der Waals surface area contributed by atoms with Gasteiger partial charge in [-0.1, -0.05) is 12.1 Å². The van der Waals surface area contributed by atoms with E-state index in [1.807, 2.05) is 19.9 Å². The van der Waals surface area contributed by atoms with Gasteiger partial charge in [-0.3, -0.25) is 14.4 Å². The van der Waals surface area contributed by atoms with E-state index in [4.69, 9.17) is 4.74 Å². The SMILES string of the molecule is CC(=O)c1ccc(NC(=O)C(C)(C)C(=O)Nc2ccccc2OC(C)C)cc1. The van der Waals surface area contributed by atoms with Crippen LogP contribution in [0.2, 0.25) is 0 Å². The molecule has 0 radical (unpaired) electrons. The van der Waals surface area contributed by atoms with Gasteiger partial charge in [-0.15, -0.1) is 0 Å². The lowest BCUT2D eigenvalue weighted by Crippen LogP contribution is -2.41. The van der Waals surface area contributed by atoms with E-state index in [1.165, 1.54) is 6.92 Å². The minimum Gasteiger partial charge on any atom is -0.489 e. The van der Waals surface area contributed by atoms with E-state index in [0.29, 0.717) is 22.7 Å². The number of amides is 2. The topological polar surface area (TPSA) is 84.5 Å². The Morgan fingerprint density at radius 1 is 0.893 bits per heavy atom. The van der Waals surface area contributed by atoms with Crippen molar-refractivity contribution in [3.05, 3.63) is 54.1 Å². The maximum absolute atomic E-state index is 12.8. The van der Waals surface area contributed by atoms with Gasteiger partial charge in [0.05, 0.1) is 11.8 Å². The van der Waals surface area contributed by atoms with Crippen molar-refractivity contribution in [1.29, 1.82) is 0 Å². The molecule has 2 aromatic carbocycles. The lowest BCUT2D eigenvalue weighted by molar-refractivity contribution is -0.135. The van der Waals surface area contributed by atoms with Crippen LogP contribution >= 0.6 is 0 Å². The fourth-order valence-corrected chi connectivity index (χ4v) is 2.38. The third-order valence-electron chi connectivity index (χ3n) is 4.18. The van der Waals surface area contributed by atoms with E-state index in [2.05, 4.69) is 10.6 Å². The summed E-state index contributed by atoms with van der Waals surface area (Å²) in [7, 11) is 0. The second-order valence-corrected chi connectivity index (χ2v) is 7.33. The lowest BCUT2D eigenvalue weighted by atomic mass is 9.90. The zero-order valence-electron chi connectivity index (χ0n) is 16.8. The molecule has 0 spiro atoms. The molecule has 6 nitrogen and oxygen atoms in total. The van der Waals surface area contributed by atoms with Crippen LogP contribution in [0.5, 0.6) is 5.75 Å². The van der Waals surface area contributed by atoms with Crippen molar-refractivity contribution in [2.24, 2.45) is 5.41 Å². The molecule has 2 rings (SSSR count). The summed E-state index contributed by atoms with van der Waals surface area (Å²) in [6.45, 7) is 8.36. The van der Waals surface area contributed by atoms with Crippen LogP contribution in [-0.2, 0) is 9.59 Å². The Balaban J connectivity index is 2.11. The summed E-state index contributed by atoms with van der Waals surface area (Å²) in [5.41, 5.74) is 0.244. The van der Waals surface area contributed by atoms with Gasteiger partial charge in [-0.2, -0.15) is 0 Å². The minimum absolute atomic E-state index is 0.0488.